The molecule has 2 aromatic carbocycles. The van der Waals surface area contributed by atoms with Gasteiger partial charge < -0.3 is 5.11 Å². The number of hydrogen-bond donors (Lipinski definition) is 3. The van der Waals surface area contributed by atoms with Crippen LogP contribution in [0.15, 0.2) is 58.4 Å². The Kier molecular flexibility index (Phi) is 5.17. The molecule has 0 bridgehead atoms. The maximum absolute atomic E-state index is 12.1. The Morgan fingerprint density at radius 1 is 1.22 bits per heavy atom. The Bertz CT molecular complexity index is 1050. The summed E-state index contributed by atoms with van der Waals surface area (Å²) in [5.74, 6) is -0.179. The number of nitro benzene ring substituents is 1. The summed E-state index contributed by atoms with van der Waals surface area (Å²) in [5, 5.41) is 32.0. The quantitative estimate of drug-likeness (QED) is 0.342. The summed E-state index contributed by atoms with van der Waals surface area (Å²) in [6, 6.07) is 12.9. The molecule has 0 aliphatic carbocycles. The van der Waals surface area contributed by atoms with Crippen LogP contribution in [0.25, 0.3) is 0 Å². The van der Waals surface area contributed by atoms with E-state index in [1.807, 2.05) is 30.3 Å². The second-order valence-electron chi connectivity index (χ2n) is 5.48. The van der Waals surface area contributed by atoms with Crippen molar-refractivity contribution in [1.29, 1.82) is 0 Å². The van der Waals surface area contributed by atoms with Crippen molar-refractivity contribution in [2.75, 3.05) is 5.43 Å². The molecule has 3 rings (SSSR count). The molecule has 10 nitrogen and oxygen atoms in total. The number of aromatic hydroxyl groups is 1. The van der Waals surface area contributed by atoms with E-state index in [0.717, 1.165) is 11.6 Å². The number of nitro groups is 1. The second-order valence-corrected chi connectivity index (χ2v) is 5.48. The van der Waals surface area contributed by atoms with Gasteiger partial charge in [0.2, 0.25) is 5.95 Å². The number of phenols is 1. The van der Waals surface area contributed by atoms with Gasteiger partial charge in [-0.05, 0) is 11.6 Å². The van der Waals surface area contributed by atoms with Crippen molar-refractivity contribution in [3.63, 3.8) is 0 Å². The summed E-state index contributed by atoms with van der Waals surface area (Å²) < 4.78 is 0. The van der Waals surface area contributed by atoms with Gasteiger partial charge in [-0.1, -0.05) is 30.3 Å². The average Bonchev–Trinajstić information content (AvgIpc) is 2.66. The average molecular weight is 366 g/mol. The molecule has 0 aliphatic heterocycles. The van der Waals surface area contributed by atoms with Gasteiger partial charge in [0, 0.05) is 24.1 Å². The Balaban J connectivity index is 1.71. The summed E-state index contributed by atoms with van der Waals surface area (Å²) in [6.45, 7) is 0. The molecule has 0 radical (unpaired) electrons. The Labute approximate surface area is 152 Å². The van der Waals surface area contributed by atoms with Crippen molar-refractivity contribution >= 4 is 17.9 Å². The predicted octanol–water partition coefficient (Wildman–Crippen LogP) is 1.82. The molecule has 0 unspecified atom stereocenters. The van der Waals surface area contributed by atoms with Crippen LogP contribution in [0.5, 0.6) is 5.75 Å². The molecule has 0 fully saturated rings. The lowest BCUT2D eigenvalue weighted by Gasteiger charge is -2.02. The number of nitrogens with zero attached hydrogens (tertiary/aromatic N) is 4. The van der Waals surface area contributed by atoms with Crippen molar-refractivity contribution < 1.29 is 10.0 Å². The number of rotatable bonds is 6. The molecule has 3 N–H and O–H groups in total. The number of H-pyrrole nitrogens is 1. The number of phenolic OH excluding ortho intramolecular Hbond substituents is 1. The van der Waals surface area contributed by atoms with Crippen molar-refractivity contribution in [2.45, 2.75) is 6.42 Å². The van der Waals surface area contributed by atoms with E-state index >= 15 is 0 Å². The number of aromatic nitrogens is 3. The van der Waals surface area contributed by atoms with E-state index in [1.165, 1.54) is 18.3 Å². The first-order valence-electron chi connectivity index (χ1n) is 7.79. The molecule has 0 amide bonds. The van der Waals surface area contributed by atoms with Gasteiger partial charge in [0.25, 0.3) is 11.2 Å². The fourth-order valence-electron chi connectivity index (χ4n) is 2.24. The van der Waals surface area contributed by atoms with E-state index in [9.17, 15) is 20.0 Å². The molecule has 0 aliphatic rings. The first-order chi connectivity index (χ1) is 13.0. The fraction of sp³-hybridized carbons (Fsp3) is 0.0588. The van der Waals surface area contributed by atoms with Crippen LogP contribution in [0, 0.1) is 10.1 Å². The third kappa shape index (κ3) is 4.51. The molecule has 136 valence electrons. The molecule has 10 heteroatoms. The predicted molar refractivity (Wildman–Crippen MR) is 97.9 cm³/mol. The molecule has 1 aromatic heterocycles. The highest BCUT2D eigenvalue weighted by molar-refractivity contribution is 5.84. The van der Waals surface area contributed by atoms with Crippen molar-refractivity contribution in [3.8, 4) is 5.75 Å². The van der Waals surface area contributed by atoms with Crippen LogP contribution in [0.1, 0.15) is 16.8 Å². The summed E-state index contributed by atoms with van der Waals surface area (Å²) in [4.78, 5) is 24.8. The molecule has 27 heavy (non-hydrogen) atoms. The SMILES string of the molecule is O=c1[nH]c(NN=Cc2cc([N+](=O)[O-])ccc2O)nnc1Cc1ccccc1. The second kappa shape index (κ2) is 7.87. The van der Waals surface area contributed by atoms with E-state index in [2.05, 4.69) is 25.7 Å². The van der Waals surface area contributed by atoms with Crippen LogP contribution in [0.3, 0.4) is 0 Å². The molecule has 0 spiro atoms. The monoisotopic (exact) mass is 366 g/mol. The lowest BCUT2D eigenvalue weighted by Crippen LogP contribution is -2.18. The van der Waals surface area contributed by atoms with Gasteiger partial charge in [-0.2, -0.15) is 5.10 Å². The zero-order chi connectivity index (χ0) is 19.2. The Hall–Kier alpha value is -4.08. The summed E-state index contributed by atoms with van der Waals surface area (Å²) in [7, 11) is 0. The smallest absolute Gasteiger partial charge is 0.274 e. The van der Waals surface area contributed by atoms with Gasteiger partial charge in [-0.3, -0.25) is 19.9 Å². The third-order valence-electron chi connectivity index (χ3n) is 3.58. The van der Waals surface area contributed by atoms with Crippen molar-refractivity contribution in [3.05, 3.63) is 85.8 Å². The normalized spacial score (nSPS) is 10.8. The first kappa shape index (κ1) is 17.7. The van der Waals surface area contributed by atoms with Crippen molar-refractivity contribution in [1.82, 2.24) is 15.2 Å². The zero-order valence-corrected chi connectivity index (χ0v) is 13.9. The first-order valence-corrected chi connectivity index (χ1v) is 7.79. The maximum Gasteiger partial charge on any atom is 0.274 e. The number of benzene rings is 2. The number of hydrazone groups is 1. The minimum atomic E-state index is -0.585. The van der Waals surface area contributed by atoms with Crippen molar-refractivity contribution in [2.24, 2.45) is 5.10 Å². The van der Waals surface area contributed by atoms with Crippen LogP contribution >= 0.6 is 0 Å². The number of aromatic amines is 1. The van der Waals surface area contributed by atoms with Crippen LogP contribution in [0.4, 0.5) is 11.6 Å². The lowest BCUT2D eigenvalue weighted by atomic mass is 10.1. The number of non-ortho nitro benzene ring substituents is 1. The summed E-state index contributed by atoms with van der Waals surface area (Å²) >= 11 is 0. The van der Waals surface area contributed by atoms with Crippen LogP contribution in [0.2, 0.25) is 0 Å². The minimum absolute atomic E-state index is 0.00187. The highest BCUT2D eigenvalue weighted by Crippen LogP contribution is 2.21. The topological polar surface area (TPSA) is 146 Å². The van der Waals surface area contributed by atoms with Gasteiger partial charge in [-0.15, -0.1) is 10.2 Å². The van der Waals surface area contributed by atoms with E-state index in [4.69, 9.17) is 0 Å². The highest BCUT2D eigenvalue weighted by Gasteiger charge is 2.09. The van der Waals surface area contributed by atoms with Crippen LogP contribution in [-0.2, 0) is 6.42 Å². The Morgan fingerprint density at radius 2 is 2.00 bits per heavy atom. The summed E-state index contributed by atoms with van der Waals surface area (Å²) in [6.07, 6.45) is 1.51. The number of anilines is 1. The van der Waals surface area contributed by atoms with Crippen LogP contribution < -0.4 is 11.0 Å². The number of hydrogen-bond acceptors (Lipinski definition) is 8. The Morgan fingerprint density at radius 3 is 2.70 bits per heavy atom. The third-order valence-corrected chi connectivity index (χ3v) is 3.58. The molecular formula is C17H14N6O4. The van der Waals surface area contributed by atoms with E-state index < -0.39 is 10.5 Å². The van der Waals surface area contributed by atoms with Gasteiger partial charge in [0.1, 0.15) is 11.4 Å². The van der Waals surface area contributed by atoms with E-state index in [0.29, 0.717) is 6.42 Å². The molecule has 3 aromatic rings. The largest absolute Gasteiger partial charge is 0.507 e. The molecule has 0 saturated carbocycles. The van der Waals surface area contributed by atoms with Gasteiger partial charge >= 0.3 is 0 Å². The van der Waals surface area contributed by atoms with Gasteiger partial charge in [0.05, 0.1) is 11.1 Å². The van der Waals surface area contributed by atoms with Crippen LogP contribution in [-0.4, -0.2) is 31.4 Å². The standard InChI is InChI=1S/C17H14N6O4/c24-15-7-6-13(23(26)27)9-12(15)10-18-21-17-19-16(25)14(20-22-17)8-11-4-2-1-3-5-11/h1-7,9-10,24H,8H2,(H2,19,21,22,25). The summed E-state index contributed by atoms with van der Waals surface area (Å²) in [5.41, 5.74) is 3.18. The highest BCUT2D eigenvalue weighted by atomic mass is 16.6. The molecule has 1 heterocycles. The van der Waals surface area contributed by atoms with E-state index in [-0.39, 0.29) is 28.6 Å². The fourth-order valence-corrected chi connectivity index (χ4v) is 2.24. The van der Waals surface area contributed by atoms with E-state index in [1.54, 1.807) is 0 Å². The minimum Gasteiger partial charge on any atom is -0.507 e. The van der Waals surface area contributed by atoms with Gasteiger partial charge in [-0.25, -0.2) is 5.43 Å². The molecule has 0 atom stereocenters. The molecular weight excluding hydrogens is 352 g/mol. The maximum atomic E-state index is 12.1. The zero-order valence-electron chi connectivity index (χ0n) is 13.9. The number of nitrogens with one attached hydrogen (secondary N) is 2. The lowest BCUT2D eigenvalue weighted by molar-refractivity contribution is -0.384. The van der Waals surface area contributed by atoms with Gasteiger partial charge in [0.15, 0.2) is 0 Å². The molecule has 0 saturated heterocycles.